The molecule has 4 heteroatoms. The van der Waals surface area contributed by atoms with E-state index in [4.69, 9.17) is 0 Å². The number of hydrogen-bond acceptors (Lipinski definition) is 0. The second kappa shape index (κ2) is 14.6. The minimum Gasteiger partial charge on any atom is -0.165 e. The van der Waals surface area contributed by atoms with E-state index in [2.05, 4.69) is 116 Å². The maximum absolute atomic E-state index is 3.36. The summed E-state index contributed by atoms with van der Waals surface area (Å²) in [5, 5.41) is 2.73. The topological polar surface area (TPSA) is 0 Å². The van der Waals surface area contributed by atoms with Crippen LogP contribution in [0.25, 0.3) is 21.9 Å². The van der Waals surface area contributed by atoms with Gasteiger partial charge in [0.2, 0.25) is 0 Å². The van der Waals surface area contributed by atoms with Crippen molar-refractivity contribution in [3.05, 3.63) is 88.0 Å². The molecule has 0 heterocycles. The molecule has 0 aliphatic heterocycles. The predicted octanol–water partition coefficient (Wildman–Crippen LogP) is 9.50. The van der Waals surface area contributed by atoms with Crippen molar-refractivity contribution in [3.8, 4) is 11.1 Å². The molecule has 0 nitrogen and oxygen atoms in total. The van der Waals surface area contributed by atoms with Crippen LogP contribution in [0.2, 0.25) is 13.1 Å². The van der Waals surface area contributed by atoms with E-state index in [1.165, 1.54) is 55.3 Å². The molecule has 4 rings (SSSR count). The molecule has 0 N–H and O–H groups in total. The average molecular weight is 577 g/mol. The van der Waals surface area contributed by atoms with Gasteiger partial charge < -0.3 is 0 Å². The largest absolute Gasteiger partial charge is 0.165 e. The van der Waals surface area contributed by atoms with E-state index in [-0.39, 0.29) is 30.2 Å². The van der Waals surface area contributed by atoms with E-state index in [0.29, 0.717) is 5.92 Å². The van der Waals surface area contributed by atoms with E-state index < -0.39 is 0 Å². The number of fused-ring (bicyclic) bond motifs is 1. The molecule has 0 spiro atoms. The summed E-state index contributed by atoms with van der Waals surface area (Å²) in [6, 6.07) is 17.6. The fraction of sp³-hybridized carbons (Fsp3) is 0.345. The summed E-state index contributed by atoms with van der Waals surface area (Å²) in [6.07, 6.45) is 3.36. The SMILES string of the molecule is CC1=[C-]C(C)C(C)=C1C.C[Si](C)=[Zr+2].Cc1cc2c(-c3ccccc3)c(C)c(C)cc2[cH-]1.Cl.Cl. The molecule has 176 valence electrons. The van der Waals surface area contributed by atoms with Gasteiger partial charge in [0.25, 0.3) is 0 Å². The van der Waals surface area contributed by atoms with E-state index in [9.17, 15) is 0 Å². The Morgan fingerprint density at radius 2 is 1.45 bits per heavy atom. The molecule has 0 saturated carbocycles. The van der Waals surface area contributed by atoms with E-state index >= 15 is 0 Å². The summed E-state index contributed by atoms with van der Waals surface area (Å²) < 4.78 is 0. The van der Waals surface area contributed by atoms with Gasteiger partial charge in [0.15, 0.2) is 0 Å². The maximum atomic E-state index is 3.36. The number of benzene rings is 2. The molecule has 0 aromatic heterocycles. The van der Waals surface area contributed by atoms with Crippen LogP contribution in [0, 0.1) is 32.8 Å². The molecular weight excluding hydrogens is 539 g/mol. The monoisotopic (exact) mass is 574 g/mol. The summed E-state index contributed by atoms with van der Waals surface area (Å²) in [6.45, 7) is 19.9. The zero-order chi connectivity index (χ0) is 23.3. The summed E-state index contributed by atoms with van der Waals surface area (Å²) in [5.41, 5.74) is 11.3. The van der Waals surface area contributed by atoms with Crippen LogP contribution < -0.4 is 0 Å². The summed E-state index contributed by atoms with van der Waals surface area (Å²) in [4.78, 5) is 0. The van der Waals surface area contributed by atoms with Gasteiger partial charge in [-0.05, 0) is 19.4 Å². The molecule has 1 aliphatic carbocycles. The first kappa shape index (κ1) is 32.2. The summed E-state index contributed by atoms with van der Waals surface area (Å²) >= 11 is 1.74. The number of allylic oxidation sites excluding steroid dienone is 4. The van der Waals surface area contributed by atoms with E-state index in [0.717, 1.165) is 0 Å². The average Bonchev–Trinajstić information content (AvgIpc) is 3.17. The van der Waals surface area contributed by atoms with Crippen LogP contribution in [0.3, 0.4) is 0 Å². The fourth-order valence-corrected chi connectivity index (χ4v) is 3.89. The quantitative estimate of drug-likeness (QED) is 0.200. The third-order valence-corrected chi connectivity index (χ3v) is 5.97. The van der Waals surface area contributed by atoms with Crippen molar-refractivity contribution in [2.75, 3.05) is 0 Å². The summed E-state index contributed by atoms with van der Waals surface area (Å²) in [7, 11) is 0. The Labute approximate surface area is 229 Å². The van der Waals surface area contributed by atoms with Gasteiger partial charge in [-0.1, -0.05) is 80.6 Å². The summed E-state index contributed by atoms with van der Waals surface area (Å²) in [5.74, 6) is 0.560. The van der Waals surface area contributed by atoms with Gasteiger partial charge >= 0.3 is 41.9 Å². The molecule has 0 radical (unpaired) electrons. The zero-order valence-corrected chi connectivity index (χ0v) is 26.6. The normalized spacial score (nSPS) is 14.3. The van der Waals surface area contributed by atoms with Crippen LogP contribution in [0.4, 0.5) is 0 Å². The van der Waals surface area contributed by atoms with Gasteiger partial charge in [-0.3, -0.25) is 6.08 Å². The van der Waals surface area contributed by atoms with Crippen molar-refractivity contribution in [1.82, 2.24) is 0 Å². The van der Waals surface area contributed by atoms with E-state index in [1.54, 1.807) is 23.3 Å². The second-order valence-electron chi connectivity index (χ2n) is 8.89. The Morgan fingerprint density at radius 1 is 0.909 bits per heavy atom. The first-order chi connectivity index (χ1) is 14.5. The van der Waals surface area contributed by atoms with Crippen molar-refractivity contribution in [2.24, 2.45) is 5.92 Å². The van der Waals surface area contributed by atoms with Gasteiger partial charge in [0.05, 0.1) is 0 Å². The third kappa shape index (κ3) is 8.74. The first-order valence-electron chi connectivity index (χ1n) is 11.0. The Balaban J connectivity index is 0.000000580. The Kier molecular flexibility index (Phi) is 14.2. The Hall–Kier alpha value is -0.790. The first-order valence-corrected chi connectivity index (χ1v) is 17.2. The molecule has 0 bridgehead atoms. The van der Waals surface area contributed by atoms with E-state index in [1.807, 2.05) is 0 Å². The van der Waals surface area contributed by atoms with Crippen molar-refractivity contribution in [1.29, 1.82) is 0 Å². The number of halogens is 2. The fourth-order valence-electron chi connectivity index (χ4n) is 3.89. The smallest absolute Gasteiger partial charge is 0.0276 e. The maximum Gasteiger partial charge on any atom is -0.0276 e. The van der Waals surface area contributed by atoms with Gasteiger partial charge in [0.1, 0.15) is 0 Å². The van der Waals surface area contributed by atoms with Crippen molar-refractivity contribution in [3.63, 3.8) is 0 Å². The molecule has 3 aromatic carbocycles. The number of hydrogen-bond donors (Lipinski definition) is 0. The minimum atomic E-state index is 0. The van der Waals surface area contributed by atoms with Crippen LogP contribution >= 0.6 is 24.8 Å². The molecule has 3 aromatic rings. The van der Waals surface area contributed by atoms with Crippen LogP contribution in [0.5, 0.6) is 0 Å². The number of rotatable bonds is 1. The Bertz CT molecular complexity index is 1130. The Morgan fingerprint density at radius 3 is 1.88 bits per heavy atom. The molecule has 1 aliphatic rings. The van der Waals surface area contributed by atoms with Crippen molar-refractivity contribution >= 4 is 41.0 Å². The standard InChI is InChI=1S/C18H17.C9H13.C2H6Si.2ClH.Zr/c1-12-9-16-11-13(2)14(3)18(17(16)10-12)15-7-5-4-6-8-15;1-6-5-7(2)9(4)8(6)3;1-3-2;;;/h4-11H,1-3H3;6H,1-4H3;1-2H3;2*1H;/q2*-1;;;;+2. The van der Waals surface area contributed by atoms with Crippen molar-refractivity contribution in [2.45, 2.75) is 61.6 Å². The van der Waals surface area contributed by atoms with Crippen LogP contribution in [0.1, 0.15) is 44.4 Å². The molecule has 33 heavy (non-hydrogen) atoms. The van der Waals surface area contributed by atoms with Crippen LogP contribution in [-0.4, -0.2) is 5.43 Å². The molecule has 0 fully saturated rings. The molecule has 0 amide bonds. The van der Waals surface area contributed by atoms with Gasteiger partial charge in [-0.2, -0.15) is 17.2 Å². The third-order valence-electron chi connectivity index (χ3n) is 5.97. The van der Waals surface area contributed by atoms with Gasteiger partial charge in [-0.25, -0.2) is 5.57 Å². The predicted molar refractivity (Wildman–Crippen MR) is 151 cm³/mol. The second-order valence-corrected chi connectivity index (χ2v) is 18.3. The van der Waals surface area contributed by atoms with Crippen molar-refractivity contribution < 1.29 is 23.3 Å². The van der Waals surface area contributed by atoms with Crippen LogP contribution in [0.15, 0.2) is 65.3 Å². The molecular formula is C29H38Cl2SiZr. The zero-order valence-electron chi connectivity index (χ0n) is 21.5. The molecule has 1 unspecified atom stereocenters. The molecule has 0 saturated heterocycles. The number of aryl methyl sites for hydroxylation is 2. The van der Waals surface area contributed by atoms with Gasteiger partial charge in [-0.15, -0.1) is 60.2 Å². The molecule has 1 atom stereocenters. The van der Waals surface area contributed by atoms with Crippen LogP contribution in [-0.2, 0) is 23.3 Å². The van der Waals surface area contributed by atoms with Gasteiger partial charge in [0, 0.05) is 0 Å². The minimum absolute atomic E-state index is 0.